The minimum atomic E-state index is -0.0197. The van der Waals surface area contributed by atoms with Crippen LogP contribution in [0.1, 0.15) is 20.8 Å². The van der Waals surface area contributed by atoms with Crippen LogP contribution in [0.15, 0.2) is 18.6 Å². The number of hydrogen-bond acceptors (Lipinski definition) is 3. The molecule has 0 aliphatic heterocycles. The molecule has 2 rings (SSSR count). The van der Waals surface area contributed by atoms with Crippen molar-refractivity contribution in [2.45, 2.75) is 26.3 Å². The van der Waals surface area contributed by atoms with Gasteiger partial charge >= 0.3 is 0 Å². The second kappa shape index (κ2) is 3.22. The van der Waals surface area contributed by atoms with Crippen molar-refractivity contribution in [1.29, 1.82) is 0 Å². The van der Waals surface area contributed by atoms with E-state index in [4.69, 9.17) is 4.74 Å². The number of imidazole rings is 1. The summed E-state index contributed by atoms with van der Waals surface area (Å²) in [4.78, 5) is 8.67. The van der Waals surface area contributed by atoms with Crippen molar-refractivity contribution in [3.63, 3.8) is 0 Å². The van der Waals surface area contributed by atoms with Crippen LogP contribution in [0.5, 0.6) is 5.75 Å². The van der Waals surface area contributed by atoms with Crippen molar-refractivity contribution in [3.8, 4) is 5.75 Å². The van der Waals surface area contributed by atoms with Gasteiger partial charge in [0.05, 0.1) is 13.4 Å². The first kappa shape index (κ1) is 9.96. The van der Waals surface area contributed by atoms with Gasteiger partial charge in [-0.2, -0.15) is 0 Å². The molecular formula is C11H15N3O. The Morgan fingerprint density at radius 2 is 2.00 bits per heavy atom. The van der Waals surface area contributed by atoms with Gasteiger partial charge in [0.15, 0.2) is 5.65 Å². The number of fused-ring (bicyclic) bond motifs is 1. The maximum atomic E-state index is 5.24. The van der Waals surface area contributed by atoms with Crippen LogP contribution >= 0.6 is 0 Å². The van der Waals surface area contributed by atoms with Crippen molar-refractivity contribution >= 4 is 11.2 Å². The summed E-state index contributed by atoms with van der Waals surface area (Å²) in [6, 6.07) is 1.82. The highest BCUT2D eigenvalue weighted by molar-refractivity contribution is 5.78. The third kappa shape index (κ3) is 1.56. The molecule has 0 aliphatic carbocycles. The van der Waals surface area contributed by atoms with E-state index in [9.17, 15) is 0 Å². The van der Waals surface area contributed by atoms with Crippen LogP contribution in [0.25, 0.3) is 11.2 Å². The third-order valence-corrected chi connectivity index (χ3v) is 2.34. The molecule has 0 bridgehead atoms. The van der Waals surface area contributed by atoms with E-state index in [1.165, 1.54) is 0 Å². The zero-order valence-electron chi connectivity index (χ0n) is 9.48. The lowest BCUT2D eigenvalue weighted by Gasteiger charge is -2.20. The Labute approximate surface area is 88.9 Å². The summed E-state index contributed by atoms with van der Waals surface area (Å²) in [6.07, 6.45) is 3.55. The lowest BCUT2D eigenvalue weighted by atomic mass is 10.1. The predicted octanol–water partition coefficient (Wildman–Crippen LogP) is 2.19. The van der Waals surface area contributed by atoms with Gasteiger partial charge in [0, 0.05) is 17.8 Å². The minimum Gasteiger partial charge on any atom is -0.494 e. The Kier molecular flexibility index (Phi) is 2.14. The van der Waals surface area contributed by atoms with Crippen LogP contribution < -0.4 is 4.74 Å². The molecule has 0 unspecified atom stereocenters. The molecule has 2 aromatic heterocycles. The summed E-state index contributed by atoms with van der Waals surface area (Å²) in [7, 11) is 1.64. The molecule has 2 heterocycles. The van der Waals surface area contributed by atoms with Crippen LogP contribution in [0.2, 0.25) is 0 Å². The highest BCUT2D eigenvalue weighted by Crippen LogP contribution is 2.25. The van der Waals surface area contributed by atoms with E-state index in [0.717, 1.165) is 16.9 Å². The van der Waals surface area contributed by atoms with Gasteiger partial charge in [-0.25, -0.2) is 9.97 Å². The molecule has 4 nitrogen and oxygen atoms in total. The summed E-state index contributed by atoms with van der Waals surface area (Å²) in [5.74, 6) is 0.767. The van der Waals surface area contributed by atoms with E-state index < -0.39 is 0 Å². The van der Waals surface area contributed by atoms with Crippen LogP contribution in [0.4, 0.5) is 0 Å². The monoisotopic (exact) mass is 205 g/mol. The van der Waals surface area contributed by atoms with Gasteiger partial charge in [0.2, 0.25) is 0 Å². The van der Waals surface area contributed by atoms with E-state index in [-0.39, 0.29) is 5.54 Å². The molecule has 4 heteroatoms. The van der Waals surface area contributed by atoms with Crippen molar-refractivity contribution in [3.05, 3.63) is 18.6 Å². The summed E-state index contributed by atoms with van der Waals surface area (Å²) < 4.78 is 7.28. The number of pyridine rings is 1. The van der Waals surface area contributed by atoms with Gasteiger partial charge in [-0.1, -0.05) is 0 Å². The lowest BCUT2D eigenvalue weighted by molar-refractivity contribution is 0.405. The zero-order valence-corrected chi connectivity index (χ0v) is 9.48. The van der Waals surface area contributed by atoms with E-state index in [2.05, 4.69) is 30.7 Å². The maximum Gasteiger partial charge on any atom is 0.164 e. The smallest absolute Gasteiger partial charge is 0.164 e. The van der Waals surface area contributed by atoms with E-state index in [1.54, 1.807) is 19.6 Å². The van der Waals surface area contributed by atoms with Gasteiger partial charge in [0.1, 0.15) is 11.3 Å². The van der Waals surface area contributed by atoms with Gasteiger partial charge in [0.25, 0.3) is 0 Å². The Balaban J connectivity index is 2.72. The SMILES string of the molecule is COc1ccnc2c1ncn2C(C)(C)C. The quantitative estimate of drug-likeness (QED) is 0.716. The molecule has 0 amide bonds. The standard InChI is InChI=1S/C11H15N3O/c1-11(2,3)14-7-13-9-8(15-4)5-6-12-10(9)14/h5-7H,1-4H3. The Hall–Kier alpha value is -1.58. The van der Waals surface area contributed by atoms with Gasteiger partial charge < -0.3 is 9.30 Å². The van der Waals surface area contributed by atoms with Gasteiger partial charge in [-0.15, -0.1) is 0 Å². The molecule has 0 atom stereocenters. The Morgan fingerprint density at radius 3 is 2.60 bits per heavy atom. The number of rotatable bonds is 1. The average Bonchev–Trinajstić information content (AvgIpc) is 2.59. The van der Waals surface area contributed by atoms with Gasteiger partial charge in [-0.05, 0) is 20.8 Å². The molecule has 0 fully saturated rings. The normalized spacial score (nSPS) is 12.0. The molecule has 2 aromatic rings. The molecule has 0 N–H and O–H groups in total. The first-order chi connectivity index (χ1) is 7.04. The molecule has 0 saturated heterocycles. The van der Waals surface area contributed by atoms with Crippen LogP contribution in [0.3, 0.4) is 0 Å². The third-order valence-electron chi connectivity index (χ3n) is 2.34. The maximum absolute atomic E-state index is 5.24. The second-order valence-electron chi connectivity index (χ2n) is 4.47. The number of methoxy groups -OCH3 is 1. The fourth-order valence-corrected chi connectivity index (χ4v) is 1.55. The first-order valence-electron chi connectivity index (χ1n) is 4.90. The van der Waals surface area contributed by atoms with Crippen molar-refractivity contribution < 1.29 is 4.74 Å². The van der Waals surface area contributed by atoms with Crippen LogP contribution in [-0.2, 0) is 5.54 Å². The molecular weight excluding hydrogens is 190 g/mol. The minimum absolute atomic E-state index is 0.0197. The zero-order chi connectivity index (χ0) is 11.1. The number of hydrogen-bond donors (Lipinski definition) is 0. The Bertz CT molecular complexity index is 482. The fraction of sp³-hybridized carbons (Fsp3) is 0.455. The molecule has 0 aromatic carbocycles. The van der Waals surface area contributed by atoms with Crippen molar-refractivity contribution in [2.24, 2.45) is 0 Å². The number of nitrogens with zero attached hydrogens (tertiary/aromatic N) is 3. The van der Waals surface area contributed by atoms with E-state index >= 15 is 0 Å². The molecule has 0 radical (unpaired) electrons. The fourth-order valence-electron chi connectivity index (χ4n) is 1.55. The van der Waals surface area contributed by atoms with Crippen molar-refractivity contribution in [2.75, 3.05) is 7.11 Å². The molecule has 80 valence electrons. The van der Waals surface area contributed by atoms with E-state index in [0.29, 0.717) is 0 Å². The topological polar surface area (TPSA) is 39.9 Å². The largest absolute Gasteiger partial charge is 0.494 e. The summed E-state index contributed by atoms with van der Waals surface area (Å²) in [5.41, 5.74) is 1.66. The van der Waals surface area contributed by atoms with Gasteiger partial charge in [-0.3, -0.25) is 0 Å². The summed E-state index contributed by atoms with van der Waals surface area (Å²) in [6.45, 7) is 6.36. The lowest BCUT2D eigenvalue weighted by Crippen LogP contribution is -2.20. The number of aromatic nitrogens is 3. The Morgan fingerprint density at radius 1 is 1.27 bits per heavy atom. The molecule has 0 aliphatic rings. The predicted molar refractivity (Wildman–Crippen MR) is 59.1 cm³/mol. The molecule has 0 saturated carbocycles. The second-order valence-corrected chi connectivity index (χ2v) is 4.47. The first-order valence-corrected chi connectivity index (χ1v) is 4.90. The highest BCUT2D eigenvalue weighted by Gasteiger charge is 2.18. The summed E-state index contributed by atoms with van der Waals surface area (Å²) >= 11 is 0. The summed E-state index contributed by atoms with van der Waals surface area (Å²) in [5, 5.41) is 0. The van der Waals surface area contributed by atoms with Crippen LogP contribution in [0, 0.1) is 0 Å². The number of ether oxygens (including phenoxy) is 1. The highest BCUT2D eigenvalue weighted by atomic mass is 16.5. The van der Waals surface area contributed by atoms with Crippen LogP contribution in [-0.4, -0.2) is 21.6 Å². The molecule has 0 spiro atoms. The van der Waals surface area contributed by atoms with Crippen molar-refractivity contribution in [1.82, 2.24) is 14.5 Å². The average molecular weight is 205 g/mol. The molecule has 15 heavy (non-hydrogen) atoms. The van der Waals surface area contributed by atoms with E-state index in [1.807, 2.05) is 10.6 Å².